The second-order valence-electron chi connectivity index (χ2n) is 3.87. The van der Waals surface area contributed by atoms with Gasteiger partial charge in [-0.3, -0.25) is 4.79 Å². The maximum absolute atomic E-state index is 13.6. The van der Waals surface area contributed by atoms with Crippen molar-refractivity contribution in [2.24, 2.45) is 0 Å². The summed E-state index contributed by atoms with van der Waals surface area (Å²) in [6.07, 6.45) is 0. The molecule has 0 saturated carbocycles. The number of hydrogen-bond acceptors (Lipinski definition) is 2. The number of Topliss-reactive ketones (excluding diaryl/α,β-unsaturated/α-hetero) is 1. The first-order chi connectivity index (χ1) is 8.97. The molecule has 0 spiro atoms. The highest BCUT2D eigenvalue weighted by Gasteiger charge is 2.13. The predicted octanol–water partition coefficient (Wildman–Crippen LogP) is 4.72. The topological polar surface area (TPSA) is 26.3 Å². The van der Waals surface area contributed by atoms with Gasteiger partial charge >= 0.3 is 0 Å². The average molecular weight is 327 g/mol. The quantitative estimate of drug-likeness (QED) is 0.763. The van der Waals surface area contributed by atoms with Crippen LogP contribution in [0.4, 0.5) is 8.78 Å². The number of halogens is 3. The summed E-state index contributed by atoms with van der Waals surface area (Å²) in [5, 5.41) is 0. The largest absolute Gasteiger partial charge is 0.453 e. The van der Waals surface area contributed by atoms with E-state index in [0.717, 1.165) is 12.1 Å². The maximum Gasteiger partial charge on any atom is 0.165 e. The Morgan fingerprint density at radius 3 is 2.53 bits per heavy atom. The summed E-state index contributed by atoms with van der Waals surface area (Å²) in [7, 11) is 0. The van der Waals surface area contributed by atoms with Crippen LogP contribution in [0.15, 0.2) is 40.9 Å². The standard InChI is InChI=1S/C14H9BrF2O2/c1-8(18)11-7-10(16)3-5-13(11)19-14-6-9(15)2-4-12(14)17/h2-7H,1H3. The molecular weight excluding hydrogens is 318 g/mol. The molecule has 98 valence electrons. The Kier molecular flexibility index (Phi) is 3.95. The predicted molar refractivity (Wildman–Crippen MR) is 70.6 cm³/mol. The van der Waals surface area contributed by atoms with Gasteiger partial charge in [0.1, 0.15) is 11.6 Å². The van der Waals surface area contributed by atoms with Crippen molar-refractivity contribution in [1.82, 2.24) is 0 Å². The van der Waals surface area contributed by atoms with Crippen LogP contribution in [0.1, 0.15) is 17.3 Å². The highest BCUT2D eigenvalue weighted by molar-refractivity contribution is 9.10. The van der Waals surface area contributed by atoms with Gasteiger partial charge in [0.25, 0.3) is 0 Å². The van der Waals surface area contributed by atoms with E-state index >= 15 is 0 Å². The Labute approximate surface area is 117 Å². The van der Waals surface area contributed by atoms with E-state index in [9.17, 15) is 13.6 Å². The van der Waals surface area contributed by atoms with Gasteiger partial charge in [0.15, 0.2) is 17.3 Å². The second kappa shape index (κ2) is 5.48. The van der Waals surface area contributed by atoms with Crippen molar-refractivity contribution < 1.29 is 18.3 Å². The van der Waals surface area contributed by atoms with Crippen LogP contribution in [0, 0.1) is 11.6 Å². The first kappa shape index (κ1) is 13.7. The van der Waals surface area contributed by atoms with Crippen molar-refractivity contribution in [1.29, 1.82) is 0 Å². The van der Waals surface area contributed by atoms with Crippen molar-refractivity contribution in [3.63, 3.8) is 0 Å². The lowest BCUT2D eigenvalue weighted by atomic mass is 10.1. The maximum atomic E-state index is 13.6. The summed E-state index contributed by atoms with van der Waals surface area (Å²) in [6, 6.07) is 7.70. The molecule has 0 saturated heterocycles. The number of ether oxygens (including phenoxy) is 1. The van der Waals surface area contributed by atoms with Crippen LogP contribution < -0.4 is 4.74 Å². The van der Waals surface area contributed by atoms with Crippen LogP contribution in [0.2, 0.25) is 0 Å². The minimum Gasteiger partial charge on any atom is -0.453 e. The molecule has 0 heterocycles. The van der Waals surface area contributed by atoms with Gasteiger partial charge in [0.05, 0.1) is 5.56 Å². The molecule has 0 atom stereocenters. The highest BCUT2D eigenvalue weighted by Crippen LogP contribution is 2.30. The van der Waals surface area contributed by atoms with Gasteiger partial charge in [-0.05, 0) is 43.3 Å². The smallest absolute Gasteiger partial charge is 0.165 e. The van der Waals surface area contributed by atoms with E-state index in [1.54, 1.807) is 0 Å². The molecule has 0 fully saturated rings. The molecule has 0 aliphatic rings. The van der Waals surface area contributed by atoms with Crippen molar-refractivity contribution in [2.45, 2.75) is 6.92 Å². The Balaban J connectivity index is 2.43. The monoisotopic (exact) mass is 326 g/mol. The third-order valence-corrected chi connectivity index (χ3v) is 2.93. The Morgan fingerprint density at radius 2 is 1.84 bits per heavy atom. The summed E-state index contributed by atoms with van der Waals surface area (Å²) in [5.74, 6) is -1.39. The zero-order chi connectivity index (χ0) is 14.0. The van der Waals surface area contributed by atoms with Crippen molar-refractivity contribution >= 4 is 21.7 Å². The van der Waals surface area contributed by atoms with E-state index in [2.05, 4.69) is 15.9 Å². The summed E-state index contributed by atoms with van der Waals surface area (Å²) < 4.78 is 32.6. The lowest BCUT2D eigenvalue weighted by Crippen LogP contribution is -1.99. The molecule has 0 unspecified atom stereocenters. The van der Waals surface area contributed by atoms with E-state index in [1.165, 1.54) is 31.2 Å². The van der Waals surface area contributed by atoms with E-state index in [4.69, 9.17) is 4.74 Å². The molecule has 0 aromatic heterocycles. The van der Waals surface area contributed by atoms with E-state index in [-0.39, 0.29) is 22.8 Å². The normalized spacial score (nSPS) is 10.3. The molecular formula is C14H9BrF2O2. The molecule has 2 nitrogen and oxygen atoms in total. The van der Waals surface area contributed by atoms with Gasteiger partial charge in [0, 0.05) is 4.47 Å². The van der Waals surface area contributed by atoms with E-state index < -0.39 is 11.6 Å². The van der Waals surface area contributed by atoms with Crippen LogP contribution in [-0.2, 0) is 0 Å². The molecule has 2 aromatic rings. The lowest BCUT2D eigenvalue weighted by molar-refractivity contribution is 0.101. The van der Waals surface area contributed by atoms with Crippen LogP contribution in [0.5, 0.6) is 11.5 Å². The highest BCUT2D eigenvalue weighted by atomic mass is 79.9. The first-order valence-corrected chi connectivity index (χ1v) is 6.20. The molecule has 2 rings (SSSR count). The number of hydrogen-bond donors (Lipinski definition) is 0. The summed E-state index contributed by atoms with van der Waals surface area (Å²) >= 11 is 3.20. The zero-order valence-corrected chi connectivity index (χ0v) is 11.5. The fourth-order valence-corrected chi connectivity index (χ4v) is 1.88. The molecule has 0 radical (unpaired) electrons. The van der Waals surface area contributed by atoms with Crippen LogP contribution in [-0.4, -0.2) is 5.78 Å². The number of benzene rings is 2. The molecule has 0 bridgehead atoms. The lowest BCUT2D eigenvalue weighted by Gasteiger charge is -2.10. The minimum atomic E-state index is -0.568. The van der Waals surface area contributed by atoms with Gasteiger partial charge in [-0.15, -0.1) is 0 Å². The minimum absolute atomic E-state index is 0.0384. The number of rotatable bonds is 3. The number of ketones is 1. The first-order valence-electron chi connectivity index (χ1n) is 5.41. The van der Waals surface area contributed by atoms with Gasteiger partial charge in [0.2, 0.25) is 0 Å². The van der Waals surface area contributed by atoms with Crippen molar-refractivity contribution in [3.05, 3.63) is 58.1 Å². The molecule has 0 N–H and O–H groups in total. The van der Waals surface area contributed by atoms with E-state index in [1.807, 2.05) is 0 Å². The fourth-order valence-electron chi connectivity index (χ4n) is 1.54. The Hall–Kier alpha value is -1.75. The van der Waals surface area contributed by atoms with Gasteiger partial charge < -0.3 is 4.74 Å². The summed E-state index contributed by atoms with van der Waals surface area (Å²) in [6.45, 7) is 1.29. The summed E-state index contributed by atoms with van der Waals surface area (Å²) in [5.41, 5.74) is 0.0689. The van der Waals surface area contributed by atoms with Crippen LogP contribution >= 0.6 is 15.9 Å². The number of carbonyl (C=O) groups is 1. The Bertz CT molecular complexity index is 641. The SMILES string of the molecule is CC(=O)c1cc(F)ccc1Oc1cc(Br)ccc1F. The van der Waals surface area contributed by atoms with Gasteiger partial charge in [-0.1, -0.05) is 15.9 Å². The molecule has 5 heteroatoms. The molecule has 0 aliphatic carbocycles. The molecule has 0 aliphatic heterocycles. The van der Waals surface area contributed by atoms with Crippen LogP contribution in [0.25, 0.3) is 0 Å². The molecule has 2 aromatic carbocycles. The molecule has 19 heavy (non-hydrogen) atoms. The number of carbonyl (C=O) groups excluding carboxylic acids is 1. The van der Waals surface area contributed by atoms with Crippen molar-refractivity contribution in [2.75, 3.05) is 0 Å². The van der Waals surface area contributed by atoms with E-state index in [0.29, 0.717) is 4.47 Å². The third-order valence-electron chi connectivity index (χ3n) is 2.43. The average Bonchev–Trinajstić information content (AvgIpc) is 2.35. The molecule has 0 amide bonds. The second-order valence-corrected chi connectivity index (χ2v) is 4.79. The summed E-state index contributed by atoms with van der Waals surface area (Å²) in [4.78, 5) is 11.4. The van der Waals surface area contributed by atoms with Crippen LogP contribution in [0.3, 0.4) is 0 Å². The Morgan fingerprint density at radius 1 is 1.11 bits per heavy atom. The van der Waals surface area contributed by atoms with Gasteiger partial charge in [-0.25, -0.2) is 8.78 Å². The van der Waals surface area contributed by atoms with Gasteiger partial charge in [-0.2, -0.15) is 0 Å². The fraction of sp³-hybridized carbons (Fsp3) is 0.0714. The van der Waals surface area contributed by atoms with Crippen molar-refractivity contribution in [3.8, 4) is 11.5 Å². The zero-order valence-electron chi connectivity index (χ0n) is 9.91. The third kappa shape index (κ3) is 3.17.